The minimum absolute atomic E-state index is 0.0376. The number of amides is 1. The predicted octanol–water partition coefficient (Wildman–Crippen LogP) is 3.79. The summed E-state index contributed by atoms with van der Waals surface area (Å²) in [6.45, 7) is 0.974. The first-order valence-corrected chi connectivity index (χ1v) is 8.37. The van der Waals surface area contributed by atoms with Crippen molar-refractivity contribution < 1.29 is 9.18 Å². The second kappa shape index (κ2) is 8.25. The van der Waals surface area contributed by atoms with Crippen molar-refractivity contribution in [1.82, 2.24) is 10.3 Å². The maximum absolute atomic E-state index is 13.7. The van der Waals surface area contributed by atoms with Gasteiger partial charge in [0.15, 0.2) is 0 Å². The lowest BCUT2D eigenvalue weighted by molar-refractivity contribution is 0.0947. The van der Waals surface area contributed by atoms with Crippen LogP contribution in [0.5, 0.6) is 0 Å². The van der Waals surface area contributed by atoms with Gasteiger partial charge in [-0.2, -0.15) is 0 Å². The van der Waals surface area contributed by atoms with Gasteiger partial charge in [0.25, 0.3) is 5.91 Å². The van der Waals surface area contributed by atoms with E-state index in [1.54, 1.807) is 18.3 Å². The Kier molecular flexibility index (Phi) is 5.59. The van der Waals surface area contributed by atoms with E-state index in [1.807, 2.05) is 42.3 Å². The van der Waals surface area contributed by atoms with Gasteiger partial charge in [-0.05, 0) is 23.8 Å². The van der Waals surface area contributed by atoms with E-state index < -0.39 is 11.7 Å². The Hall–Kier alpha value is -3.21. The van der Waals surface area contributed by atoms with Gasteiger partial charge in [0, 0.05) is 31.9 Å². The Morgan fingerprint density at radius 2 is 1.77 bits per heavy atom. The van der Waals surface area contributed by atoms with Gasteiger partial charge in [0.1, 0.15) is 11.6 Å². The SMILES string of the molecule is CN(Cc1ccccc1)c1ncccc1CNC(=O)c1ccccc1F. The second-order valence-electron chi connectivity index (χ2n) is 5.99. The molecule has 2 aromatic carbocycles. The average Bonchev–Trinajstić information content (AvgIpc) is 2.67. The zero-order chi connectivity index (χ0) is 18.4. The van der Waals surface area contributed by atoms with Crippen LogP contribution in [0.15, 0.2) is 72.9 Å². The highest BCUT2D eigenvalue weighted by Crippen LogP contribution is 2.18. The van der Waals surface area contributed by atoms with Crippen LogP contribution < -0.4 is 10.2 Å². The van der Waals surface area contributed by atoms with Crippen molar-refractivity contribution in [2.45, 2.75) is 13.1 Å². The van der Waals surface area contributed by atoms with Crippen molar-refractivity contribution >= 4 is 11.7 Å². The minimum Gasteiger partial charge on any atom is -0.355 e. The van der Waals surface area contributed by atoms with Crippen LogP contribution in [0.25, 0.3) is 0 Å². The van der Waals surface area contributed by atoms with Gasteiger partial charge in [-0.3, -0.25) is 4.79 Å². The molecule has 1 N–H and O–H groups in total. The number of hydrogen-bond acceptors (Lipinski definition) is 3. The molecular formula is C21H20FN3O. The summed E-state index contributed by atoms with van der Waals surface area (Å²) in [6, 6.07) is 19.8. The predicted molar refractivity (Wildman–Crippen MR) is 100 cm³/mol. The van der Waals surface area contributed by atoms with E-state index in [2.05, 4.69) is 22.4 Å². The van der Waals surface area contributed by atoms with Crippen LogP contribution in [0.1, 0.15) is 21.5 Å². The number of halogens is 1. The molecule has 0 bridgehead atoms. The number of anilines is 1. The standard InChI is InChI=1S/C21H20FN3O/c1-25(15-16-8-3-2-4-9-16)20-17(10-7-13-23-20)14-24-21(26)18-11-5-6-12-19(18)22/h2-13H,14-15H2,1H3,(H,24,26). The van der Waals surface area contributed by atoms with Gasteiger partial charge >= 0.3 is 0 Å². The summed E-state index contributed by atoms with van der Waals surface area (Å²) >= 11 is 0. The van der Waals surface area contributed by atoms with Gasteiger partial charge in [0.05, 0.1) is 5.56 Å². The summed E-state index contributed by atoms with van der Waals surface area (Å²) in [5, 5.41) is 2.77. The summed E-state index contributed by atoms with van der Waals surface area (Å²) in [6.07, 6.45) is 1.72. The molecule has 3 rings (SSSR count). The largest absolute Gasteiger partial charge is 0.355 e. The number of benzene rings is 2. The molecule has 1 aromatic heterocycles. The van der Waals surface area contributed by atoms with Crippen LogP contribution in [0.4, 0.5) is 10.2 Å². The Bertz CT molecular complexity index is 883. The molecule has 132 valence electrons. The van der Waals surface area contributed by atoms with Gasteiger partial charge < -0.3 is 10.2 Å². The molecule has 0 spiro atoms. The number of pyridine rings is 1. The fourth-order valence-electron chi connectivity index (χ4n) is 2.76. The van der Waals surface area contributed by atoms with Crippen molar-refractivity contribution in [2.24, 2.45) is 0 Å². The summed E-state index contributed by atoms with van der Waals surface area (Å²) in [5.74, 6) is -0.189. The molecule has 0 saturated carbocycles. The molecule has 0 fully saturated rings. The molecule has 0 aliphatic carbocycles. The van der Waals surface area contributed by atoms with Crippen LogP contribution >= 0.6 is 0 Å². The molecule has 1 heterocycles. The van der Waals surface area contributed by atoms with Crippen LogP contribution in [0, 0.1) is 5.82 Å². The van der Waals surface area contributed by atoms with Gasteiger partial charge in [-0.15, -0.1) is 0 Å². The molecule has 4 nitrogen and oxygen atoms in total. The third-order valence-corrected chi connectivity index (χ3v) is 4.05. The quantitative estimate of drug-likeness (QED) is 0.736. The molecule has 1 amide bonds. The highest BCUT2D eigenvalue weighted by molar-refractivity contribution is 5.94. The highest BCUT2D eigenvalue weighted by Gasteiger charge is 2.13. The first-order valence-electron chi connectivity index (χ1n) is 8.37. The molecule has 0 saturated heterocycles. The number of nitrogens with one attached hydrogen (secondary N) is 1. The molecular weight excluding hydrogens is 329 g/mol. The number of rotatable bonds is 6. The molecule has 0 radical (unpaired) electrons. The summed E-state index contributed by atoms with van der Waals surface area (Å²) < 4.78 is 13.7. The Morgan fingerprint density at radius 1 is 1.04 bits per heavy atom. The lowest BCUT2D eigenvalue weighted by atomic mass is 10.1. The lowest BCUT2D eigenvalue weighted by Crippen LogP contribution is -2.26. The molecule has 26 heavy (non-hydrogen) atoms. The summed E-state index contributed by atoms with van der Waals surface area (Å²) in [4.78, 5) is 18.7. The Morgan fingerprint density at radius 3 is 2.54 bits per heavy atom. The minimum atomic E-state index is -0.530. The number of hydrogen-bond donors (Lipinski definition) is 1. The Balaban J connectivity index is 1.71. The van der Waals surface area contributed by atoms with Gasteiger partial charge in [-0.25, -0.2) is 9.37 Å². The number of carbonyl (C=O) groups excluding carboxylic acids is 1. The third kappa shape index (κ3) is 4.25. The monoisotopic (exact) mass is 349 g/mol. The van der Waals surface area contributed by atoms with Crippen LogP contribution in [0.2, 0.25) is 0 Å². The zero-order valence-electron chi connectivity index (χ0n) is 14.5. The smallest absolute Gasteiger partial charge is 0.254 e. The molecule has 0 unspecified atom stereocenters. The maximum atomic E-state index is 13.7. The zero-order valence-corrected chi connectivity index (χ0v) is 14.5. The van der Waals surface area contributed by atoms with Crippen molar-refractivity contribution in [3.63, 3.8) is 0 Å². The van der Waals surface area contributed by atoms with Crippen LogP contribution in [-0.4, -0.2) is 17.9 Å². The van der Waals surface area contributed by atoms with E-state index in [0.717, 1.165) is 11.4 Å². The van der Waals surface area contributed by atoms with E-state index in [9.17, 15) is 9.18 Å². The normalized spacial score (nSPS) is 10.4. The Labute approximate surface area is 152 Å². The van der Waals surface area contributed by atoms with E-state index in [0.29, 0.717) is 6.54 Å². The maximum Gasteiger partial charge on any atom is 0.254 e. The fourth-order valence-corrected chi connectivity index (χ4v) is 2.76. The average molecular weight is 349 g/mol. The second-order valence-corrected chi connectivity index (χ2v) is 5.99. The molecule has 3 aromatic rings. The van der Waals surface area contributed by atoms with Crippen molar-refractivity contribution in [2.75, 3.05) is 11.9 Å². The summed E-state index contributed by atoms with van der Waals surface area (Å²) in [5.41, 5.74) is 2.08. The van der Waals surface area contributed by atoms with E-state index >= 15 is 0 Å². The first-order chi connectivity index (χ1) is 12.6. The first kappa shape index (κ1) is 17.6. The van der Waals surface area contributed by atoms with Crippen molar-refractivity contribution in [3.8, 4) is 0 Å². The third-order valence-electron chi connectivity index (χ3n) is 4.05. The van der Waals surface area contributed by atoms with E-state index in [1.165, 1.54) is 17.7 Å². The van der Waals surface area contributed by atoms with Crippen LogP contribution in [0.3, 0.4) is 0 Å². The van der Waals surface area contributed by atoms with Gasteiger partial charge in [0.2, 0.25) is 0 Å². The fraction of sp³-hybridized carbons (Fsp3) is 0.143. The van der Waals surface area contributed by atoms with Crippen molar-refractivity contribution in [1.29, 1.82) is 0 Å². The number of aromatic nitrogens is 1. The topological polar surface area (TPSA) is 45.2 Å². The van der Waals surface area contributed by atoms with Crippen LogP contribution in [-0.2, 0) is 13.1 Å². The van der Waals surface area contributed by atoms with Gasteiger partial charge in [-0.1, -0.05) is 48.5 Å². The van der Waals surface area contributed by atoms with E-state index in [-0.39, 0.29) is 12.1 Å². The lowest BCUT2D eigenvalue weighted by Gasteiger charge is -2.21. The van der Waals surface area contributed by atoms with E-state index in [4.69, 9.17) is 0 Å². The number of nitrogens with zero attached hydrogens (tertiary/aromatic N) is 2. The molecule has 0 aliphatic heterocycles. The molecule has 5 heteroatoms. The number of carbonyl (C=O) groups is 1. The summed E-state index contributed by atoms with van der Waals surface area (Å²) in [7, 11) is 1.96. The molecule has 0 aliphatic rings. The van der Waals surface area contributed by atoms with Crippen molar-refractivity contribution in [3.05, 3.63) is 95.4 Å². The molecule has 0 atom stereocenters. The highest BCUT2D eigenvalue weighted by atomic mass is 19.1.